The smallest absolute Gasteiger partial charge is 0.424 e. The van der Waals surface area contributed by atoms with E-state index in [0.29, 0.717) is 15.9 Å². The zero-order chi connectivity index (χ0) is 34.3. The van der Waals surface area contributed by atoms with Crippen LogP contribution >= 0.6 is 11.6 Å². The first-order valence-corrected chi connectivity index (χ1v) is 15.4. The fraction of sp³-hybridized carbons (Fsp3) is 0.379. The molecule has 46 heavy (non-hydrogen) atoms. The molecule has 0 saturated heterocycles. The second-order valence-corrected chi connectivity index (χ2v) is 12.8. The number of aromatic nitrogens is 1. The monoisotopic (exact) mass is 689 g/mol. The Hall–Kier alpha value is -4.15. The van der Waals surface area contributed by atoms with Crippen LogP contribution in [0.5, 0.6) is 17.4 Å². The summed E-state index contributed by atoms with van der Waals surface area (Å²) in [4.78, 5) is 26.9. The Labute approximate surface area is 268 Å². The van der Waals surface area contributed by atoms with E-state index < -0.39 is 66.4 Å². The van der Waals surface area contributed by atoms with Gasteiger partial charge in [-0.2, -0.15) is 13.2 Å². The summed E-state index contributed by atoms with van der Waals surface area (Å²) in [6, 6.07) is 9.73. The SMILES string of the molecule is COCCOc1ccc(CCCN(C(=O)OC(C)(C)C)S(=O)(=O)c2ccccc2[N+](=O)[O-])c(Oc2nccc(C(F)(F)F)c2Cl)c1. The van der Waals surface area contributed by atoms with Crippen LogP contribution in [-0.2, 0) is 32.1 Å². The Bertz CT molecular complexity index is 1670. The van der Waals surface area contributed by atoms with Crippen molar-refractivity contribution < 1.29 is 50.3 Å². The third kappa shape index (κ3) is 9.43. The molecule has 0 aliphatic heterocycles. The lowest BCUT2D eigenvalue weighted by molar-refractivity contribution is -0.387. The molecule has 1 aromatic heterocycles. The molecular formula is C29H31ClF3N3O9S. The molecule has 0 atom stereocenters. The Morgan fingerprint density at radius 2 is 1.78 bits per heavy atom. The highest BCUT2D eigenvalue weighted by Gasteiger charge is 2.37. The van der Waals surface area contributed by atoms with Crippen LogP contribution in [0.2, 0.25) is 5.02 Å². The van der Waals surface area contributed by atoms with E-state index in [0.717, 1.165) is 18.3 Å². The van der Waals surface area contributed by atoms with Gasteiger partial charge in [0.1, 0.15) is 28.7 Å². The molecule has 250 valence electrons. The van der Waals surface area contributed by atoms with Gasteiger partial charge in [-0.1, -0.05) is 29.8 Å². The van der Waals surface area contributed by atoms with E-state index >= 15 is 0 Å². The third-order valence-corrected chi connectivity index (χ3v) is 8.18. The van der Waals surface area contributed by atoms with Crippen LogP contribution in [0.15, 0.2) is 59.6 Å². The molecule has 2 aromatic carbocycles. The maximum Gasteiger partial charge on any atom is 0.424 e. The molecule has 3 rings (SSSR count). The number of nitro groups is 1. The number of carbonyl (C=O) groups excluding carboxylic acids is 1. The van der Waals surface area contributed by atoms with Crippen molar-refractivity contribution in [2.24, 2.45) is 0 Å². The number of amides is 1. The molecule has 3 aromatic rings. The van der Waals surface area contributed by atoms with E-state index in [4.69, 9.17) is 30.5 Å². The highest BCUT2D eigenvalue weighted by atomic mass is 35.5. The van der Waals surface area contributed by atoms with Crippen molar-refractivity contribution in [1.82, 2.24) is 9.29 Å². The topological polar surface area (TPSA) is 147 Å². The lowest BCUT2D eigenvalue weighted by atomic mass is 10.1. The van der Waals surface area contributed by atoms with Crippen LogP contribution in [0.4, 0.5) is 23.7 Å². The molecule has 1 heterocycles. The quantitative estimate of drug-likeness (QED) is 0.104. The summed E-state index contributed by atoms with van der Waals surface area (Å²) in [6.45, 7) is 4.46. The van der Waals surface area contributed by atoms with E-state index in [1.54, 1.807) is 6.07 Å². The first-order valence-electron chi connectivity index (χ1n) is 13.6. The second-order valence-electron chi connectivity index (χ2n) is 10.6. The van der Waals surface area contributed by atoms with Crippen molar-refractivity contribution in [1.29, 1.82) is 0 Å². The van der Waals surface area contributed by atoms with Crippen molar-refractivity contribution in [3.05, 3.63) is 81.0 Å². The van der Waals surface area contributed by atoms with Crippen molar-refractivity contribution in [2.45, 2.75) is 50.3 Å². The van der Waals surface area contributed by atoms with Gasteiger partial charge in [-0.05, 0) is 57.4 Å². The summed E-state index contributed by atoms with van der Waals surface area (Å²) in [5.41, 5.74) is -2.64. The number of ether oxygens (including phenoxy) is 4. The van der Waals surface area contributed by atoms with Crippen LogP contribution in [0, 0.1) is 10.1 Å². The average molecular weight is 690 g/mol. The number of nitrogens with zero attached hydrogens (tertiary/aromatic N) is 3. The molecule has 1 amide bonds. The fourth-order valence-electron chi connectivity index (χ4n) is 3.97. The molecule has 0 aliphatic carbocycles. The zero-order valence-electron chi connectivity index (χ0n) is 25.2. The van der Waals surface area contributed by atoms with Gasteiger partial charge in [-0.3, -0.25) is 10.1 Å². The number of alkyl halides is 3. The predicted octanol–water partition coefficient (Wildman–Crippen LogP) is 7.04. The van der Waals surface area contributed by atoms with Crippen molar-refractivity contribution >= 4 is 33.4 Å². The number of hydrogen-bond donors (Lipinski definition) is 0. The molecule has 0 bridgehead atoms. The van der Waals surface area contributed by atoms with Gasteiger partial charge in [-0.25, -0.2) is 22.5 Å². The minimum Gasteiger partial charge on any atom is -0.491 e. The van der Waals surface area contributed by atoms with E-state index in [1.807, 2.05) is 0 Å². The third-order valence-electron chi connectivity index (χ3n) is 6.00. The maximum absolute atomic E-state index is 13.6. The number of pyridine rings is 1. The van der Waals surface area contributed by atoms with Crippen LogP contribution in [0.3, 0.4) is 0 Å². The van der Waals surface area contributed by atoms with Gasteiger partial charge < -0.3 is 18.9 Å². The van der Waals surface area contributed by atoms with E-state index in [-0.39, 0.29) is 37.6 Å². The molecule has 0 N–H and O–H groups in total. The zero-order valence-corrected chi connectivity index (χ0v) is 26.7. The largest absolute Gasteiger partial charge is 0.491 e. The van der Waals surface area contributed by atoms with Gasteiger partial charge in [0.2, 0.25) is 5.88 Å². The number of nitro benzene ring substituents is 1. The van der Waals surface area contributed by atoms with Gasteiger partial charge in [0, 0.05) is 32.0 Å². The molecule has 0 saturated carbocycles. The van der Waals surface area contributed by atoms with Crippen LogP contribution in [0.25, 0.3) is 0 Å². The lowest BCUT2D eigenvalue weighted by Crippen LogP contribution is -2.41. The Kier molecular flexibility index (Phi) is 11.8. The summed E-state index contributed by atoms with van der Waals surface area (Å²) in [6.07, 6.45) is -5.21. The highest BCUT2D eigenvalue weighted by Crippen LogP contribution is 2.40. The van der Waals surface area contributed by atoms with Gasteiger partial charge >= 0.3 is 12.3 Å². The first-order chi connectivity index (χ1) is 21.5. The number of aryl methyl sites for hydroxylation is 1. The Morgan fingerprint density at radius 3 is 2.41 bits per heavy atom. The molecule has 0 aliphatic rings. The van der Waals surface area contributed by atoms with Crippen LogP contribution in [-0.4, -0.2) is 61.2 Å². The average Bonchev–Trinajstić information content (AvgIpc) is 2.95. The van der Waals surface area contributed by atoms with Crippen LogP contribution < -0.4 is 9.47 Å². The minimum atomic E-state index is -4.79. The van der Waals surface area contributed by atoms with Gasteiger partial charge in [0.05, 0.1) is 17.1 Å². The van der Waals surface area contributed by atoms with Gasteiger partial charge in [-0.15, -0.1) is 0 Å². The predicted molar refractivity (Wildman–Crippen MR) is 160 cm³/mol. The normalized spacial score (nSPS) is 12.0. The number of carbonyl (C=O) groups is 1. The standard InChI is InChI=1S/C29H31ClF3N3O9S/c1-28(2,3)45-27(37)35(46(40,41)24-10-6-5-9-22(24)36(38)39)15-7-8-19-11-12-20(43-17-16-42-4)18-23(19)44-26-25(30)21(13-14-34-26)29(31,32)33/h5-6,9-14,18H,7-8,15-17H2,1-4H3. The molecule has 0 spiro atoms. The molecule has 12 nitrogen and oxygen atoms in total. The van der Waals surface area contributed by atoms with Gasteiger partial charge in [0.25, 0.3) is 15.7 Å². The first kappa shape index (κ1) is 36.3. The highest BCUT2D eigenvalue weighted by molar-refractivity contribution is 7.89. The number of rotatable bonds is 13. The van der Waals surface area contributed by atoms with Crippen molar-refractivity contribution in [3.8, 4) is 17.4 Å². The molecule has 0 unspecified atom stereocenters. The molecule has 17 heteroatoms. The number of sulfonamides is 1. The summed E-state index contributed by atoms with van der Waals surface area (Å²) in [5, 5.41) is 10.8. The maximum atomic E-state index is 13.6. The molecule has 0 fully saturated rings. The van der Waals surface area contributed by atoms with Crippen LogP contribution in [0.1, 0.15) is 38.3 Å². The number of hydrogen-bond acceptors (Lipinski definition) is 10. The summed E-state index contributed by atoms with van der Waals surface area (Å²) < 4.78 is 89.5. The van der Waals surface area contributed by atoms with Crippen molar-refractivity contribution in [3.63, 3.8) is 0 Å². The number of methoxy groups -OCH3 is 1. The number of para-hydroxylation sites is 1. The minimum absolute atomic E-state index is 0.00554. The number of benzene rings is 2. The Balaban J connectivity index is 1.97. The van der Waals surface area contributed by atoms with E-state index in [9.17, 15) is 36.5 Å². The summed E-state index contributed by atoms with van der Waals surface area (Å²) in [7, 11) is -3.31. The number of halogens is 4. The van der Waals surface area contributed by atoms with E-state index in [2.05, 4.69) is 4.98 Å². The summed E-state index contributed by atoms with van der Waals surface area (Å²) in [5.74, 6) is -0.275. The lowest BCUT2D eigenvalue weighted by Gasteiger charge is -2.27. The fourth-order valence-corrected chi connectivity index (χ4v) is 5.72. The molecular weight excluding hydrogens is 659 g/mol. The van der Waals surface area contributed by atoms with E-state index in [1.165, 1.54) is 52.1 Å². The van der Waals surface area contributed by atoms with Crippen molar-refractivity contribution in [2.75, 3.05) is 26.9 Å². The van der Waals surface area contributed by atoms with Gasteiger partial charge in [0.15, 0.2) is 4.90 Å². The molecule has 0 radical (unpaired) electrons. The second kappa shape index (κ2) is 15.0. The summed E-state index contributed by atoms with van der Waals surface area (Å²) >= 11 is 5.99. The Morgan fingerprint density at radius 1 is 1.09 bits per heavy atom.